The van der Waals surface area contributed by atoms with E-state index in [1.54, 1.807) is 37.3 Å². The molecule has 0 aliphatic rings. The third kappa shape index (κ3) is 6.44. The lowest BCUT2D eigenvalue weighted by atomic mass is 9.39. The van der Waals surface area contributed by atoms with Crippen LogP contribution in [0, 0.1) is 16.7 Å². The zero-order valence-corrected chi connectivity index (χ0v) is 22.6. The Morgan fingerprint density at radius 2 is 1.82 bits per heavy atom. The Balaban J connectivity index is 1.84. The number of nitrogens with zero attached hydrogens (tertiary/aromatic N) is 4. The van der Waals surface area contributed by atoms with Crippen LogP contribution in [0.4, 0.5) is 24.9 Å². The van der Waals surface area contributed by atoms with Crippen LogP contribution in [0.3, 0.4) is 0 Å². The van der Waals surface area contributed by atoms with Crippen molar-refractivity contribution in [3.8, 4) is 17.3 Å². The lowest BCUT2D eigenvalue weighted by Gasteiger charge is -2.33. The molecule has 2 atom stereocenters. The van der Waals surface area contributed by atoms with Crippen LogP contribution in [0.5, 0.6) is 0 Å². The van der Waals surface area contributed by atoms with E-state index in [-0.39, 0.29) is 34.3 Å². The van der Waals surface area contributed by atoms with Gasteiger partial charge in [0.05, 0.1) is 35.2 Å². The molecule has 3 N–H and O–H groups in total. The van der Waals surface area contributed by atoms with E-state index < -0.39 is 23.2 Å². The molecule has 0 spiro atoms. The minimum atomic E-state index is -4.63. The molecule has 0 saturated heterocycles. The first-order valence-corrected chi connectivity index (χ1v) is 12.1. The van der Waals surface area contributed by atoms with Gasteiger partial charge in [0.1, 0.15) is 29.2 Å². The van der Waals surface area contributed by atoms with Crippen LogP contribution in [-0.4, -0.2) is 50.6 Å². The third-order valence-electron chi connectivity index (χ3n) is 6.03. The van der Waals surface area contributed by atoms with Gasteiger partial charge in [-0.3, -0.25) is 10.1 Å². The van der Waals surface area contributed by atoms with Crippen molar-refractivity contribution in [3.63, 3.8) is 0 Å². The van der Waals surface area contributed by atoms with Crippen molar-refractivity contribution in [2.24, 2.45) is 5.41 Å². The Morgan fingerprint density at radius 3 is 2.32 bits per heavy atom. The van der Waals surface area contributed by atoms with E-state index in [2.05, 4.69) is 36.3 Å². The Labute approximate surface area is 222 Å². The van der Waals surface area contributed by atoms with Crippen molar-refractivity contribution in [2.45, 2.75) is 57.4 Å². The summed E-state index contributed by atoms with van der Waals surface area (Å²) in [5.41, 5.74) is 7.68. The summed E-state index contributed by atoms with van der Waals surface area (Å²) < 4.78 is 47.7. The molecule has 3 aromatic rings. The van der Waals surface area contributed by atoms with Crippen LogP contribution < -0.4 is 11.1 Å². The summed E-state index contributed by atoms with van der Waals surface area (Å²) in [6.45, 7) is 7.93. The number of halogens is 3. The van der Waals surface area contributed by atoms with Gasteiger partial charge in [-0.2, -0.15) is 23.5 Å². The number of anilines is 2. The summed E-state index contributed by atoms with van der Waals surface area (Å²) in [5, 5.41) is 19.2. The predicted molar refractivity (Wildman–Crippen MR) is 147 cm³/mol. The maximum absolute atomic E-state index is 13.9. The molecule has 2 heterocycles. The molecule has 0 radical (unpaired) electrons. The molecule has 1 amide bonds. The number of alkyl halides is 3. The molecule has 0 saturated carbocycles. The first kappa shape index (κ1) is 28.9. The fourth-order valence-electron chi connectivity index (χ4n) is 4.26. The van der Waals surface area contributed by atoms with Crippen LogP contribution >= 0.6 is 0 Å². The second-order valence-corrected chi connectivity index (χ2v) is 11.7. The molecule has 198 valence electrons. The molecule has 0 fully saturated rings. The molecule has 0 aliphatic heterocycles. The third-order valence-corrected chi connectivity index (χ3v) is 6.03. The number of benzene rings is 1. The van der Waals surface area contributed by atoms with Crippen molar-refractivity contribution in [2.75, 3.05) is 11.1 Å². The predicted octanol–water partition coefficient (Wildman–Crippen LogP) is 2.40. The summed E-state index contributed by atoms with van der Waals surface area (Å²) in [6, 6.07) is 8.06. The van der Waals surface area contributed by atoms with Gasteiger partial charge in [0, 0.05) is 11.6 Å². The van der Waals surface area contributed by atoms with Gasteiger partial charge in [-0.15, -0.1) is 0 Å². The second kappa shape index (κ2) is 10.3. The zero-order chi connectivity index (χ0) is 28.6. The number of nitriles is 1. The number of amides is 1. The number of rotatable bonds is 7. The fraction of sp³-hybridized carbons (Fsp3) is 0.417. The standard InChI is InChI=1S/C24H30B3F3N6O2/c1-12(20(37)33-17-9-15(35-38-17)10-22(2,3)4)13-5-7-14(8-6-13)18-16(11-31)19(32)36(34-18)21(23(25,26)27)24(28,29)30/h5-9,12,21H,10,25-27,32H2,1-4H3,(H,33,37). The van der Waals surface area contributed by atoms with E-state index in [4.69, 9.17) is 10.3 Å². The summed E-state index contributed by atoms with van der Waals surface area (Å²) in [4.78, 5) is 12.8. The monoisotopic (exact) mass is 524 g/mol. The van der Waals surface area contributed by atoms with Gasteiger partial charge in [0.15, 0.2) is 0 Å². The minimum absolute atomic E-state index is 0.0134. The van der Waals surface area contributed by atoms with Crippen molar-refractivity contribution >= 4 is 41.1 Å². The summed E-state index contributed by atoms with van der Waals surface area (Å²) in [6.07, 6.45) is -3.94. The fourth-order valence-corrected chi connectivity index (χ4v) is 4.26. The maximum Gasteiger partial charge on any atom is 0.409 e. The maximum atomic E-state index is 13.9. The van der Waals surface area contributed by atoms with Crippen LogP contribution in [-0.2, 0) is 11.2 Å². The van der Waals surface area contributed by atoms with Crippen LogP contribution in [0.1, 0.15) is 56.5 Å². The van der Waals surface area contributed by atoms with Crippen molar-refractivity contribution < 1.29 is 22.5 Å². The van der Waals surface area contributed by atoms with Crippen LogP contribution in [0.2, 0.25) is 5.11 Å². The molecule has 2 unspecified atom stereocenters. The Bertz CT molecular complexity index is 1340. The van der Waals surface area contributed by atoms with Gasteiger partial charge in [0.2, 0.25) is 11.8 Å². The molecule has 14 heteroatoms. The Morgan fingerprint density at radius 1 is 1.21 bits per heavy atom. The van der Waals surface area contributed by atoms with E-state index in [1.165, 1.54) is 23.5 Å². The summed E-state index contributed by atoms with van der Waals surface area (Å²) in [5.74, 6) is -1.00. The van der Waals surface area contributed by atoms with Crippen molar-refractivity contribution in [1.29, 1.82) is 5.26 Å². The second-order valence-electron chi connectivity index (χ2n) is 11.7. The molecule has 2 aromatic heterocycles. The van der Waals surface area contributed by atoms with Crippen LogP contribution in [0.15, 0.2) is 34.9 Å². The van der Waals surface area contributed by atoms with Gasteiger partial charge in [-0.25, -0.2) is 4.68 Å². The highest BCUT2D eigenvalue weighted by atomic mass is 19.4. The van der Waals surface area contributed by atoms with Gasteiger partial charge < -0.3 is 10.3 Å². The first-order valence-electron chi connectivity index (χ1n) is 12.1. The highest BCUT2D eigenvalue weighted by Crippen LogP contribution is 2.45. The van der Waals surface area contributed by atoms with Crippen molar-refractivity contribution in [1.82, 2.24) is 14.9 Å². The van der Waals surface area contributed by atoms with Gasteiger partial charge in [-0.05, 0) is 24.3 Å². The number of nitrogen functional groups attached to an aromatic ring is 1. The number of carbonyl (C=O) groups is 1. The van der Waals surface area contributed by atoms with Gasteiger partial charge in [-0.1, -0.05) is 55.3 Å². The molecular formula is C24H30B3F3N6O2. The highest BCUT2D eigenvalue weighted by Gasteiger charge is 2.49. The topological polar surface area (TPSA) is 123 Å². The van der Waals surface area contributed by atoms with Crippen molar-refractivity contribution in [3.05, 3.63) is 47.2 Å². The Kier molecular flexibility index (Phi) is 7.82. The number of carbonyl (C=O) groups excluding carboxylic acids is 1. The number of nitrogens with one attached hydrogen (secondary N) is 1. The number of nitrogens with two attached hydrogens (primary N) is 1. The average Bonchev–Trinajstić information content (AvgIpc) is 3.33. The average molecular weight is 524 g/mol. The van der Waals surface area contributed by atoms with E-state index in [0.29, 0.717) is 22.2 Å². The summed E-state index contributed by atoms with van der Waals surface area (Å²) >= 11 is 0. The van der Waals surface area contributed by atoms with E-state index in [0.717, 1.165) is 5.69 Å². The lowest BCUT2D eigenvalue weighted by Crippen LogP contribution is -2.39. The number of hydrogen-bond acceptors (Lipinski definition) is 6. The molecule has 38 heavy (non-hydrogen) atoms. The lowest BCUT2D eigenvalue weighted by molar-refractivity contribution is -0.169. The van der Waals surface area contributed by atoms with E-state index >= 15 is 0 Å². The van der Waals surface area contributed by atoms with Crippen LogP contribution in [0.25, 0.3) is 11.3 Å². The SMILES string of the molecule is BC(B)(B)C(n1nc(-c2ccc(C(C)C(=O)Nc3cc(CC(C)(C)C)no3)cc2)c(C#N)c1N)C(F)(F)F. The van der Waals surface area contributed by atoms with Gasteiger partial charge >= 0.3 is 6.18 Å². The molecule has 3 rings (SSSR count). The molecule has 8 nitrogen and oxygen atoms in total. The van der Waals surface area contributed by atoms with E-state index in [1.807, 2.05) is 6.07 Å². The normalized spacial score (nSPS) is 14.1. The molecular weight excluding hydrogens is 494 g/mol. The smallest absolute Gasteiger partial charge is 0.383 e. The number of hydrogen-bond donors (Lipinski definition) is 2. The number of aromatic nitrogens is 3. The van der Waals surface area contributed by atoms with Gasteiger partial charge in [0.25, 0.3) is 0 Å². The minimum Gasteiger partial charge on any atom is -0.383 e. The Hall–Kier alpha value is -3.62. The zero-order valence-electron chi connectivity index (χ0n) is 22.6. The largest absolute Gasteiger partial charge is 0.409 e. The summed E-state index contributed by atoms with van der Waals surface area (Å²) in [7, 11) is 4.30. The molecule has 1 aromatic carbocycles. The molecule has 0 aliphatic carbocycles. The van der Waals surface area contributed by atoms with E-state index in [9.17, 15) is 23.2 Å². The highest BCUT2D eigenvalue weighted by molar-refractivity contribution is 6.59. The molecule has 0 bridgehead atoms. The first-order chi connectivity index (χ1) is 17.4. The quantitative estimate of drug-likeness (QED) is 0.458.